The highest BCUT2D eigenvalue weighted by Gasteiger charge is 2.17. The summed E-state index contributed by atoms with van der Waals surface area (Å²) in [5.74, 6) is 0.645. The lowest BCUT2D eigenvalue weighted by Gasteiger charge is -2.24. The largest absolute Gasteiger partial charge is 0.313 e. The van der Waals surface area contributed by atoms with Gasteiger partial charge in [0, 0.05) is 12.4 Å². The molecule has 0 saturated heterocycles. The molecular formula is C22H37ClFN. The summed E-state index contributed by atoms with van der Waals surface area (Å²) in [6.07, 6.45) is 7.97. The van der Waals surface area contributed by atoms with E-state index in [9.17, 15) is 4.39 Å². The summed E-state index contributed by atoms with van der Waals surface area (Å²) in [6.45, 7) is 18.0. The molecule has 1 nitrogen and oxygen atoms in total. The fourth-order valence-electron chi connectivity index (χ4n) is 2.50. The molecule has 0 saturated carbocycles. The quantitative estimate of drug-likeness (QED) is 0.382. The summed E-state index contributed by atoms with van der Waals surface area (Å²) in [6, 6.07) is 5.33. The van der Waals surface area contributed by atoms with Crippen molar-refractivity contribution in [2.45, 2.75) is 60.4 Å². The minimum atomic E-state index is -0.120. The average molecular weight is 370 g/mol. The highest BCUT2D eigenvalue weighted by molar-refractivity contribution is 6.17. The first-order valence-corrected chi connectivity index (χ1v) is 9.61. The minimum absolute atomic E-state index is 0.120. The molecule has 0 aromatic heterocycles. The number of rotatable bonds is 8. The van der Waals surface area contributed by atoms with Gasteiger partial charge in [-0.05, 0) is 55.8 Å². The van der Waals surface area contributed by atoms with E-state index in [0.29, 0.717) is 11.0 Å². The van der Waals surface area contributed by atoms with Gasteiger partial charge < -0.3 is 5.32 Å². The van der Waals surface area contributed by atoms with Gasteiger partial charge in [-0.25, -0.2) is 4.39 Å². The number of hydrogen-bond donors (Lipinski definition) is 1. The molecule has 3 heteroatoms. The predicted molar refractivity (Wildman–Crippen MR) is 113 cm³/mol. The van der Waals surface area contributed by atoms with Crippen LogP contribution in [0.5, 0.6) is 0 Å². The zero-order chi connectivity index (χ0) is 19.7. The smallest absolute Gasteiger partial charge is 0.126 e. The summed E-state index contributed by atoms with van der Waals surface area (Å²) in [7, 11) is 0. The molecule has 0 amide bonds. The number of nitrogens with one attached hydrogen (secondary N) is 1. The highest BCUT2D eigenvalue weighted by Crippen LogP contribution is 2.29. The Morgan fingerprint density at radius 2 is 1.88 bits per heavy atom. The van der Waals surface area contributed by atoms with Gasteiger partial charge in [0.05, 0.1) is 0 Å². The Balaban J connectivity index is 0. The molecule has 0 bridgehead atoms. The average Bonchev–Trinajstić information content (AvgIpc) is 2.59. The van der Waals surface area contributed by atoms with Crippen LogP contribution in [0.2, 0.25) is 0 Å². The van der Waals surface area contributed by atoms with Crippen LogP contribution in [0.1, 0.15) is 58.1 Å². The standard InChI is InChI=1S/C10H19Cl.C10H14FN.C2H4/c1-4-6-10(3,7-5-2)8-9-11;1-3-12-7-9-5-4-8(2)10(11)6-9;1-2/h4,6H,5,7-9H2,1-3H3;4-6,12H,3,7H2,1-2H3;1-2H2/b6-4-;;. The van der Waals surface area contributed by atoms with Gasteiger partial charge in [0.25, 0.3) is 0 Å². The van der Waals surface area contributed by atoms with Crippen molar-refractivity contribution in [2.75, 3.05) is 12.4 Å². The molecule has 0 aliphatic heterocycles. The summed E-state index contributed by atoms with van der Waals surface area (Å²) in [5.41, 5.74) is 2.04. The molecule has 0 fully saturated rings. The van der Waals surface area contributed by atoms with E-state index in [-0.39, 0.29) is 5.82 Å². The second-order valence-corrected chi connectivity index (χ2v) is 6.58. The van der Waals surface area contributed by atoms with Crippen LogP contribution in [-0.4, -0.2) is 12.4 Å². The molecule has 0 aliphatic rings. The number of aryl methyl sites for hydroxylation is 1. The maximum Gasteiger partial charge on any atom is 0.126 e. The molecule has 1 rings (SSSR count). The number of halogens is 2. The lowest BCUT2D eigenvalue weighted by atomic mass is 9.83. The Bertz CT molecular complexity index is 465. The SMILES string of the molecule is C/C=C\C(C)(CCC)CCCl.C=C.CCNCc1ccc(C)c(F)c1. The van der Waals surface area contributed by atoms with Crippen molar-refractivity contribution in [3.05, 3.63) is 60.5 Å². The van der Waals surface area contributed by atoms with Gasteiger partial charge in [-0.1, -0.05) is 51.5 Å². The Morgan fingerprint density at radius 1 is 1.24 bits per heavy atom. The highest BCUT2D eigenvalue weighted by atomic mass is 35.5. The van der Waals surface area contributed by atoms with E-state index >= 15 is 0 Å². The Morgan fingerprint density at radius 3 is 2.32 bits per heavy atom. The third-order valence-electron chi connectivity index (χ3n) is 3.87. The molecule has 0 radical (unpaired) electrons. The molecule has 1 unspecified atom stereocenters. The maximum absolute atomic E-state index is 13.0. The number of allylic oxidation sites excluding steroid dienone is 2. The van der Waals surface area contributed by atoms with Gasteiger partial charge in [0.15, 0.2) is 0 Å². The molecule has 144 valence electrons. The monoisotopic (exact) mass is 369 g/mol. The summed E-state index contributed by atoms with van der Waals surface area (Å²) in [4.78, 5) is 0. The zero-order valence-electron chi connectivity index (χ0n) is 16.8. The van der Waals surface area contributed by atoms with Gasteiger partial charge >= 0.3 is 0 Å². The molecule has 1 aromatic carbocycles. The van der Waals surface area contributed by atoms with Crippen molar-refractivity contribution in [2.24, 2.45) is 5.41 Å². The summed E-state index contributed by atoms with van der Waals surface area (Å²) < 4.78 is 13.0. The minimum Gasteiger partial charge on any atom is -0.313 e. The van der Waals surface area contributed by atoms with E-state index in [2.05, 4.69) is 51.4 Å². The summed E-state index contributed by atoms with van der Waals surface area (Å²) in [5, 5.41) is 3.14. The Kier molecular flexibility index (Phi) is 17.1. The Labute approximate surface area is 160 Å². The number of benzene rings is 1. The van der Waals surface area contributed by atoms with Crippen molar-refractivity contribution in [3.63, 3.8) is 0 Å². The normalized spacial score (nSPS) is 12.6. The molecule has 0 aliphatic carbocycles. The van der Waals surface area contributed by atoms with Gasteiger partial charge in [0.2, 0.25) is 0 Å². The molecule has 25 heavy (non-hydrogen) atoms. The topological polar surface area (TPSA) is 12.0 Å². The van der Waals surface area contributed by atoms with Crippen LogP contribution in [-0.2, 0) is 6.54 Å². The molecule has 1 aromatic rings. The van der Waals surface area contributed by atoms with E-state index in [4.69, 9.17) is 11.6 Å². The van der Waals surface area contributed by atoms with Crippen molar-refractivity contribution < 1.29 is 4.39 Å². The fraction of sp³-hybridized carbons (Fsp3) is 0.545. The van der Waals surface area contributed by atoms with Crippen LogP contribution in [0.3, 0.4) is 0 Å². The van der Waals surface area contributed by atoms with Crippen LogP contribution in [0.4, 0.5) is 4.39 Å². The van der Waals surface area contributed by atoms with Gasteiger partial charge in [-0.15, -0.1) is 24.8 Å². The first kappa shape index (κ1) is 26.1. The van der Waals surface area contributed by atoms with Gasteiger partial charge in [-0.2, -0.15) is 0 Å². The van der Waals surface area contributed by atoms with Crippen molar-refractivity contribution in [3.8, 4) is 0 Å². The van der Waals surface area contributed by atoms with Crippen molar-refractivity contribution in [1.29, 1.82) is 0 Å². The first-order valence-electron chi connectivity index (χ1n) is 9.08. The molecular weight excluding hydrogens is 333 g/mol. The van der Waals surface area contributed by atoms with Crippen LogP contribution in [0, 0.1) is 18.2 Å². The third-order valence-corrected chi connectivity index (χ3v) is 4.06. The van der Waals surface area contributed by atoms with Crippen LogP contribution in [0.25, 0.3) is 0 Å². The molecule has 0 spiro atoms. The lowest BCUT2D eigenvalue weighted by Crippen LogP contribution is -2.13. The van der Waals surface area contributed by atoms with Crippen LogP contribution < -0.4 is 5.32 Å². The van der Waals surface area contributed by atoms with E-state index in [1.165, 1.54) is 12.8 Å². The number of hydrogen-bond acceptors (Lipinski definition) is 1. The van der Waals surface area contributed by atoms with E-state index < -0.39 is 0 Å². The third kappa shape index (κ3) is 12.8. The Hall–Kier alpha value is -1.12. The second kappa shape index (κ2) is 16.4. The van der Waals surface area contributed by atoms with Crippen LogP contribution >= 0.6 is 11.6 Å². The van der Waals surface area contributed by atoms with E-state index in [1.54, 1.807) is 13.0 Å². The van der Waals surface area contributed by atoms with Gasteiger partial charge in [0.1, 0.15) is 5.82 Å². The lowest BCUT2D eigenvalue weighted by molar-refractivity contribution is 0.374. The second-order valence-electron chi connectivity index (χ2n) is 6.21. The summed E-state index contributed by atoms with van der Waals surface area (Å²) >= 11 is 5.72. The van der Waals surface area contributed by atoms with Crippen molar-refractivity contribution in [1.82, 2.24) is 5.32 Å². The zero-order valence-corrected chi connectivity index (χ0v) is 17.6. The fourth-order valence-corrected chi connectivity index (χ4v) is 2.93. The number of alkyl halides is 1. The van der Waals surface area contributed by atoms with E-state index in [1.807, 2.05) is 19.1 Å². The van der Waals surface area contributed by atoms with Crippen molar-refractivity contribution >= 4 is 11.6 Å². The maximum atomic E-state index is 13.0. The first-order chi connectivity index (χ1) is 11.9. The molecule has 1 N–H and O–H groups in total. The van der Waals surface area contributed by atoms with Gasteiger partial charge in [-0.3, -0.25) is 0 Å². The molecule has 0 heterocycles. The van der Waals surface area contributed by atoms with Crippen LogP contribution in [0.15, 0.2) is 43.5 Å². The van der Waals surface area contributed by atoms with E-state index in [0.717, 1.165) is 31.0 Å². The predicted octanol–water partition coefficient (Wildman–Crippen LogP) is 7.04. The molecule has 1 atom stereocenters.